The minimum Gasteiger partial charge on any atom is -0.493 e. The molecule has 3 rings (SSSR count). The first-order chi connectivity index (χ1) is 14.7. The summed E-state index contributed by atoms with van der Waals surface area (Å²) in [7, 11) is 0. The van der Waals surface area contributed by atoms with Crippen LogP contribution in [0.1, 0.15) is 47.2 Å². The lowest BCUT2D eigenvalue weighted by atomic mass is 9.91. The lowest BCUT2D eigenvalue weighted by Gasteiger charge is -2.18. The van der Waals surface area contributed by atoms with Crippen LogP contribution in [0.25, 0.3) is 0 Å². The molecule has 30 heavy (non-hydrogen) atoms. The number of carbonyl (C=O) groups is 2. The van der Waals surface area contributed by atoms with Crippen LogP contribution >= 0.6 is 0 Å². The van der Waals surface area contributed by atoms with E-state index in [-0.39, 0.29) is 5.91 Å². The number of ether oxygens (including phenoxy) is 1. The van der Waals surface area contributed by atoms with Gasteiger partial charge in [0.05, 0.1) is 18.1 Å². The van der Waals surface area contributed by atoms with Gasteiger partial charge in [0.1, 0.15) is 5.75 Å². The van der Waals surface area contributed by atoms with Gasteiger partial charge in [0.25, 0.3) is 5.91 Å². The molecule has 0 heterocycles. The summed E-state index contributed by atoms with van der Waals surface area (Å²) in [6, 6.07) is 26.0. The molecule has 0 radical (unpaired) electrons. The quantitative estimate of drug-likeness (QED) is 0.432. The number of benzene rings is 3. The molecule has 154 valence electrons. The predicted octanol–water partition coefficient (Wildman–Crippen LogP) is 4.46. The Morgan fingerprint density at radius 1 is 0.800 bits per heavy atom. The number of unbranched alkanes of at least 4 members (excludes halogenated alkanes) is 1. The van der Waals surface area contributed by atoms with Gasteiger partial charge < -0.3 is 4.74 Å². The molecule has 0 unspecified atom stereocenters. The maximum absolute atomic E-state index is 13.0. The fraction of sp³-hybridized carbons (Fsp3) is 0.200. The second-order valence-corrected chi connectivity index (χ2v) is 6.90. The number of rotatable bonds is 8. The average Bonchev–Trinajstić information content (AvgIpc) is 2.79. The van der Waals surface area contributed by atoms with E-state index in [1.54, 1.807) is 18.2 Å². The number of amides is 2. The fourth-order valence-corrected chi connectivity index (χ4v) is 3.15. The first-order valence-electron chi connectivity index (χ1n) is 10.1. The lowest BCUT2D eigenvalue weighted by molar-refractivity contribution is -0.122. The van der Waals surface area contributed by atoms with Gasteiger partial charge in [0.15, 0.2) is 0 Å². The van der Waals surface area contributed by atoms with Crippen molar-refractivity contribution in [3.05, 3.63) is 102 Å². The molecule has 5 heteroatoms. The van der Waals surface area contributed by atoms with Gasteiger partial charge in [-0.15, -0.1) is 0 Å². The summed E-state index contributed by atoms with van der Waals surface area (Å²) in [6.45, 7) is 2.62. The van der Waals surface area contributed by atoms with Crippen LogP contribution in [0, 0.1) is 0 Å². The molecule has 0 spiro atoms. The minimum atomic E-state index is -0.538. The van der Waals surface area contributed by atoms with Crippen molar-refractivity contribution in [1.82, 2.24) is 10.9 Å². The van der Waals surface area contributed by atoms with Crippen LogP contribution < -0.4 is 15.6 Å². The van der Waals surface area contributed by atoms with E-state index in [1.807, 2.05) is 66.7 Å². The van der Waals surface area contributed by atoms with Crippen molar-refractivity contribution in [3.8, 4) is 5.75 Å². The normalized spacial score (nSPS) is 10.5. The molecule has 3 aromatic carbocycles. The summed E-state index contributed by atoms with van der Waals surface area (Å²) in [6.07, 6.45) is 1.91. The molecular weight excluding hydrogens is 376 g/mol. The SMILES string of the molecule is CCCCOc1ccccc1C(=O)NNC(=O)C(c1ccccc1)c1ccccc1. The first kappa shape index (κ1) is 21.1. The molecule has 0 fully saturated rings. The van der Waals surface area contributed by atoms with Crippen LogP contribution in [-0.2, 0) is 4.79 Å². The van der Waals surface area contributed by atoms with Crippen LogP contribution in [0.2, 0.25) is 0 Å². The number of hydrogen-bond donors (Lipinski definition) is 2. The van der Waals surface area contributed by atoms with Crippen LogP contribution in [0.15, 0.2) is 84.9 Å². The first-order valence-corrected chi connectivity index (χ1v) is 10.1. The van der Waals surface area contributed by atoms with Gasteiger partial charge in [-0.3, -0.25) is 20.4 Å². The van der Waals surface area contributed by atoms with Gasteiger partial charge >= 0.3 is 0 Å². The molecule has 3 aromatic rings. The van der Waals surface area contributed by atoms with Crippen LogP contribution in [0.4, 0.5) is 0 Å². The maximum atomic E-state index is 13.0. The summed E-state index contributed by atoms with van der Waals surface area (Å²) >= 11 is 0. The van der Waals surface area contributed by atoms with Gasteiger partial charge in [0.2, 0.25) is 5.91 Å². The van der Waals surface area contributed by atoms with E-state index in [1.165, 1.54) is 0 Å². The van der Waals surface area contributed by atoms with Gasteiger partial charge in [-0.2, -0.15) is 0 Å². The Morgan fingerprint density at radius 2 is 1.37 bits per heavy atom. The monoisotopic (exact) mass is 402 g/mol. The molecular formula is C25H26N2O3. The highest BCUT2D eigenvalue weighted by Crippen LogP contribution is 2.24. The van der Waals surface area contributed by atoms with Crippen molar-refractivity contribution in [2.24, 2.45) is 0 Å². The average molecular weight is 402 g/mol. The molecule has 0 saturated carbocycles. The third-order valence-electron chi connectivity index (χ3n) is 4.71. The van der Waals surface area contributed by atoms with E-state index >= 15 is 0 Å². The van der Waals surface area contributed by atoms with E-state index in [4.69, 9.17) is 4.74 Å². The van der Waals surface area contributed by atoms with E-state index in [0.29, 0.717) is 17.9 Å². The smallest absolute Gasteiger partial charge is 0.273 e. The summed E-state index contributed by atoms with van der Waals surface area (Å²) in [5.41, 5.74) is 7.18. The van der Waals surface area contributed by atoms with Crippen LogP contribution in [0.5, 0.6) is 5.75 Å². The van der Waals surface area contributed by atoms with Crippen LogP contribution in [-0.4, -0.2) is 18.4 Å². The zero-order chi connectivity index (χ0) is 21.2. The highest BCUT2D eigenvalue weighted by molar-refractivity contribution is 5.98. The van der Waals surface area contributed by atoms with E-state index in [0.717, 1.165) is 24.0 Å². The van der Waals surface area contributed by atoms with E-state index in [2.05, 4.69) is 17.8 Å². The molecule has 0 atom stereocenters. The number of para-hydroxylation sites is 1. The Hall–Kier alpha value is -3.60. The Labute approximate surface area is 177 Å². The van der Waals surface area contributed by atoms with Gasteiger partial charge in [-0.05, 0) is 29.7 Å². The lowest BCUT2D eigenvalue weighted by Crippen LogP contribution is -2.44. The zero-order valence-corrected chi connectivity index (χ0v) is 17.0. The maximum Gasteiger partial charge on any atom is 0.273 e. The summed E-state index contributed by atoms with van der Waals surface area (Å²) < 4.78 is 5.72. The fourth-order valence-electron chi connectivity index (χ4n) is 3.15. The second kappa shape index (κ2) is 10.8. The van der Waals surface area contributed by atoms with Crippen molar-refractivity contribution < 1.29 is 14.3 Å². The molecule has 0 bridgehead atoms. The molecule has 2 amide bonds. The predicted molar refractivity (Wildman–Crippen MR) is 117 cm³/mol. The van der Waals surface area contributed by atoms with Crippen molar-refractivity contribution in [2.45, 2.75) is 25.7 Å². The largest absolute Gasteiger partial charge is 0.493 e. The third-order valence-corrected chi connectivity index (χ3v) is 4.71. The van der Waals surface area contributed by atoms with E-state index < -0.39 is 11.8 Å². The summed E-state index contributed by atoms with van der Waals surface area (Å²) in [5, 5.41) is 0. The van der Waals surface area contributed by atoms with Gasteiger partial charge in [0, 0.05) is 0 Å². The van der Waals surface area contributed by atoms with Crippen molar-refractivity contribution in [3.63, 3.8) is 0 Å². The molecule has 0 aliphatic heterocycles. The third kappa shape index (κ3) is 5.47. The number of carbonyl (C=O) groups excluding carboxylic acids is 2. The molecule has 0 aliphatic rings. The Kier molecular flexibility index (Phi) is 7.61. The highest BCUT2D eigenvalue weighted by atomic mass is 16.5. The molecule has 0 aliphatic carbocycles. The number of nitrogens with one attached hydrogen (secondary N) is 2. The standard InChI is InChI=1S/C25H26N2O3/c1-2-3-18-30-22-17-11-10-16-21(22)24(28)26-27-25(29)23(19-12-6-4-7-13-19)20-14-8-5-9-15-20/h4-17,23H,2-3,18H2,1H3,(H,26,28)(H,27,29). The summed E-state index contributed by atoms with van der Waals surface area (Å²) in [5.74, 6) is -0.774. The van der Waals surface area contributed by atoms with Crippen molar-refractivity contribution in [2.75, 3.05) is 6.61 Å². The van der Waals surface area contributed by atoms with Crippen molar-refractivity contribution >= 4 is 11.8 Å². The van der Waals surface area contributed by atoms with Crippen molar-refractivity contribution in [1.29, 1.82) is 0 Å². The Bertz CT molecular complexity index is 919. The molecule has 5 nitrogen and oxygen atoms in total. The Balaban J connectivity index is 1.72. The summed E-state index contributed by atoms with van der Waals surface area (Å²) in [4.78, 5) is 25.7. The molecule has 0 saturated heterocycles. The molecule has 0 aromatic heterocycles. The number of hydrogen-bond acceptors (Lipinski definition) is 3. The van der Waals surface area contributed by atoms with Gasteiger partial charge in [-0.25, -0.2) is 0 Å². The van der Waals surface area contributed by atoms with Crippen LogP contribution in [0.3, 0.4) is 0 Å². The minimum absolute atomic E-state index is 0.315. The number of hydrazine groups is 1. The Morgan fingerprint density at radius 3 is 1.97 bits per heavy atom. The second-order valence-electron chi connectivity index (χ2n) is 6.90. The molecule has 2 N–H and O–H groups in total. The van der Waals surface area contributed by atoms with E-state index in [9.17, 15) is 9.59 Å². The van der Waals surface area contributed by atoms with Gasteiger partial charge in [-0.1, -0.05) is 86.1 Å². The topological polar surface area (TPSA) is 67.4 Å². The zero-order valence-electron chi connectivity index (χ0n) is 17.0. The highest BCUT2D eigenvalue weighted by Gasteiger charge is 2.23.